The van der Waals surface area contributed by atoms with Crippen molar-refractivity contribution >= 4 is 39.3 Å². The Balaban J connectivity index is 1.87. The summed E-state index contributed by atoms with van der Waals surface area (Å²) in [4.78, 5) is 0. The number of halogens is 2. The van der Waals surface area contributed by atoms with Crippen LogP contribution in [0.4, 0.5) is 0 Å². The highest BCUT2D eigenvalue weighted by Gasteiger charge is 2.20. The zero-order chi connectivity index (χ0) is 13.0. The highest BCUT2D eigenvalue weighted by Crippen LogP contribution is 2.27. The molecule has 1 fully saturated rings. The summed E-state index contributed by atoms with van der Waals surface area (Å²) < 4.78 is 1.04. The van der Waals surface area contributed by atoms with Gasteiger partial charge in [-0.25, -0.2) is 0 Å². The Hall–Kier alpha value is 0.300. The molecule has 1 aliphatic carbocycles. The molecule has 0 radical (unpaired) electrons. The first-order chi connectivity index (χ1) is 8.69. The number of hydrogen-bond donors (Lipinski definition) is 1. The van der Waals surface area contributed by atoms with Gasteiger partial charge < -0.3 is 5.32 Å². The van der Waals surface area contributed by atoms with Crippen LogP contribution in [-0.4, -0.2) is 17.5 Å². The molecule has 18 heavy (non-hydrogen) atoms. The van der Waals surface area contributed by atoms with E-state index in [0.29, 0.717) is 6.04 Å². The number of rotatable bonds is 4. The van der Waals surface area contributed by atoms with Gasteiger partial charge in [0.25, 0.3) is 0 Å². The second-order valence-corrected chi connectivity index (χ2v) is 7.30. The molecule has 0 heterocycles. The van der Waals surface area contributed by atoms with E-state index >= 15 is 0 Å². The fourth-order valence-corrected chi connectivity index (χ4v) is 4.03. The van der Waals surface area contributed by atoms with Crippen LogP contribution in [0.1, 0.15) is 31.2 Å². The van der Waals surface area contributed by atoms with E-state index in [1.807, 2.05) is 17.8 Å². The van der Waals surface area contributed by atoms with E-state index in [1.54, 1.807) is 0 Å². The molecular weight excluding hydrogens is 330 g/mol. The molecule has 0 saturated heterocycles. The average Bonchev–Trinajstić information content (AvgIpc) is 2.38. The Labute approximate surface area is 127 Å². The minimum atomic E-state index is 0.649. The van der Waals surface area contributed by atoms with Gasteiger partial charge in [-0.05, 0) is 43.2 Å². The second kappa shape index (κ2) is 7.18. The maximum atomic E-state index is 6.23. The zero-order valence-electron chi connectivity index (χ0n) is 10.6. The number of benzene rings is 1. The van der Waals surface area contributed by atoms with E-state index in [0.717, 1.165) is 21.3 Å². The maximum Gasteiger partial charge on any atom is 0.0462 e. The van der Waals surface area contributed by atoms with E-state index < -0.39 is 0 Å². The molecule has 1 nitrogen and oxygen atoms in total. The van der Waals surface area contributed by atoms with Gasteiger partial charge in [-0.3, -0.25) is 0 Å². The molecule has 0 aliphatic heterocycles. The smallest absolute Gasteiger partial charge is 0.0462 e. The van der Waals surface area contributed by atoms with Crippen LogP contribution in [0.5, 0.6) is 0 Å². The van der Waals surface area contributed by atoms with Crippen LogP contribution in [0.25, 0.3) is 0 Å². The van der Waals surface area contributed by atoms with Gasteiger partial charge in [0.15, 0.2) is 0 Å². The van der Waals surface area contributed by atoms with Crippen molar-refractivity contribution in [3.05, 3.63) is 33.3 Å². The third-order valence-electron chi connectivity index (χ3n) is 3.56. The lowest BCUT2D eigenvalue weighted by atomic mass is 9.95. The van der Waals surface area contributed by atoms with Gasteiger partial charge >= 0.3 is 0 Å². The summed E-state index contributed by atoms with van der Waals surface area (Å²) in [6.45, 7) is 0.873. The molecule has 0 aromatic heterocycles. The van der Waals surface area contributed by atoms with Gasteiger partial charge in [-0.1, -0.05) is 40.0 Å². The van der Waals surface area contributed by atoms with Gasteiger partial charge in [-0.15, -0.1) is 0 Å². The fraction of sp³-hybridized carbons (Fsp3) is 0.571. The van der Waals surface area contributed by atoms with Crippen LogP contribution in [0, 0.1) is 0 Å². The molecule has 1 N–H and O–H groups in total. The van der Waals surface area contributed by atoms with Crippen LogP contribution < -0.4 is 5.32 Å². The van der Waals surface area contributed by atoms with Crippen LogP contribution >= 0.6 is 39.3 Å². The van der Waals surface area contributed by atoms with Gasteiger partial charge in [0, 0.05) is 27.3 Å². The highest BCUT2D eigenvalue weighted by atomic mass is 79.9. The van der Waals surface area contributed by atoms with Gasteiger partial charge in [0.1, 0.15) is 0 Å². The molecule has 4 heteroatoms. The molecule has 1 aromatic carbocycles. The van der Waals surface area contributed by atoms with Crippen LogP contribution in [0.3, 0.4) is 0 Å². The first-order valence-corrected chi connectivity index (χ1v) is 8.85. The summed E-state index contributed by atoms with van der Waals surface area (Å²) >= 11 is 11.7. The van der Waals surface area contributed by atoms with E-state index in [9.17, 15) is 0 Å². The largest absolute Gasteiger partial charge is 0.310 e. The molecule has 1 saturated carbocycles. The summed E-state index contributed by atoms with van der Waals surface area (Å²) in [6.07, 6.45) is 7.52. The van der Waals surface area contributed by atoms with Crippen molar-refractivity contribution in [1.29, 1.82) is 0 Å². The predicted molar refractivity (Wildman–Crippen MR) is 85.6 cm³/mol. The van der Waals surface area contributed by atoms with Crippen molar-refractivity contribution in [3.63, 3.8) is 0 Å². The first-order valence-electron chi connectivity index (χ1n) is 6.39. The molecule has 1 aromatic rings. The Morgan fingerprint density at radius 3 is 3.00 bits per heavy atom. The summed E-state index contributed by atoms with van der Waals surface area (Å²) in [7, 11) is 0. The molecule has 1 aliphatic rings. The van der Waals surface area contributed by atoms with E-state index in [1.165, 1.54) is 31.2 Å². The van der Waals surface area contributed by atoms with Crippen LogP contribution in [0.2, 0.25) is 5.02 Å². The van der Waals surface area contributed by atoms with Crippen LogP contribution in [0.15, 0.2) is 22.7 Å². The standard InChI is InChI=1S/C14H19BrClNS/c1-18-13-4-2-3-12(8-13)17-9-10-5-6-11(15)7-14(10)16/h5-7,12-13,17H,2-4,8-9H2,1H3. The monoisotopic (exact) mass is 347 g/mol. The van der Waals surface area contributed by atoms with E-state index in [2.05, 4.69) is 39.6 Å². The first kappa shape index (κ1) is 14.7. The zero-order valence-corrected chi connectivity index (χ0v) is 13.7. The molecule has 0 spiro atoms. The molecule has 2 rings (SSSR count). The molecule has 0 bridgehead atoms. The molecule has 2 unspecified atom stereocenters. The number of thioether (sulfide) groups is 1. The van der Waals surface area contributed by atoms with E-state index in [-0.39, 0.29) is 0 Å². The Bertz CT molecular complexity index is 399. The number of nitrogens with one attached hydrogen (secondary N) is 1. The topological polar surface area (TPSA) is 12.0 Å². The third-order valence-corrected chi connectivity index (χ3v) is 5.50. The Kier molecular flexibility index (Phi) is 5.87. The lowest BCUT2D eigenvalue weighted by molar-refractivity contribution is 0.380. The van der Waals surface area contributed by atoms with Crippen LogP contribution in [-0.2, 0) is 6.54 Å². The lowest BCUT2D eigenvalue weighted by Gasteiger charge is -2.29. The van der Waals surface area contributed by atoms with Crippen molar-refractivity contribution in [2.24, 2.45) is 0 Å². The van der Waals surface area contributed by atoms with Crippen molar-refractivity contribution < 1.29 is 0 Å². The fourth-order valence-electron chi connectivity index (χ4n) is 2.46. The average molecular weight is 349 g/mol. The normalized spacial score (nSPS) is 24.2. The Morgan fingerprint density at radius 2 is 2.28 bits per heavy atom. The van der Waals surface area contributed by atoms with Crippen molar-refractivity contribution in [1.82, 2.24) is 5.32 Å². The van der Waals surface area contributed by atoms with Gasteiger partial charge in [0.05, 0.1) is 0 Å². The summed E-state index contributed by atoms with van der Waals surface area (Å²) in [5, 5.41) is 5.32. The maximum absolute atomic E-state index is 6.23. The third kappa shape index (κ3) is 4.16. The van der Waals surface area contributed by atoms with Gasteiger partial charge in [-0.2, -0.15) is 11.8 Å². The minimum Gasteiger partial charge on any atom is -0.310 e. The SMILES string of the molecule is CSC1CCCC(NCc2ccc(Br)cc2Cl)C1. The lowest BCUT2D eigenvalue weighted by Crippen LogP contribution is -2.34. The Morgan fingerprint density at radius 1 is 1.44 bits per heavy atom. The summed E-state index contributed by atoms with van der Waals surface area (Å²) in [6, 6.07) is 6.75. The summed E-state index contributed by atoms with van der Waals surface area (Å²) in [5.41, 5.74) is 1.19. The molecule has 100 valence electrons. The molecule has 2 atom stereocenters. The highest BCUT2D eigenvalue weighted by molar-refractivity contribution is 9.10. The number of hydrogen-bond acceptors (Lipinski definition) is 2. The van der Waals surface area contributed by atoms with Crippen molar-refractivity contribution in [2.45, 2.75) is 43.5 Å². The summed E-state index contributed by atoms with van der Waals surface area (Å²) in [5.74, 6) is 0. The minimum absolute atomic E-state index is 0.649. The quantitative estimate of drug-likeness (QED) is 0.833. The van der Waals surface area contributed by atoms with Gasteiger partial charge in [0.2, 0.25) is 0 Å². The molecular formula is C14H19BrClNS. The predicted octanol–water partition coefficient (Wildman–Crippen LogP) is 4.87. The second-order valence-electron chi connectivity index (χ2n) is 4.84. The van der Waals surface area contributed by atoms with Crippen molar-refractivity contribution in [3.8, 4) is 0 Å². The van der Waals surface area contributed by atoms with Crippen molar-refractivity contribution in [2.75, 3.05) is 6.26 Å². The molecule has 0 amide bonds. The van der Waals surface area contributed by atoms with E-state index in [4.69, 9.17) is 11.6 Å².